The fourth-order valence-corrected chi connectivity index (χ4v) is 3.22. The van der Waals surface area contributed by atoms with Crippen LogP contribution in [0, 0.1) is 6.92 Å². The predicted octanol–water partition coefficient (Wildman–Crippen LogP) is 3.38. The second-order valence-electron chi connectivity index (χ2n) is 6.81. The van der Waals surface area contributed by atoms with Crippen LogP contribution in [0.4, 0.5) is 5.69 Å². The number of benzene rings is 2. The summed E-state index contributed by atoms with van der Waals surface area (Å²) in [5.41, 5.74) is 12.6. The molecule has 5 heteroatoms. The lowest BCUT2D eigenvalue weighted by atomic mass is 10.0. The SMILES string of the molecule is CNC1=C(C(N)=Nc2ccc(-c3ccc(C)cc3)cc2)CN(C(C)=O)CC1. The van der Waals surface area contributed by atoms with E-state index in [0.29, 0.717) is 18.9 Å². The van der Waals surface area contributed by atoms with Gasteiger partial charge in [-0.15, -0.1) is 0 Å². The van der Waals surface area contributed by atoms with Crippen LogP contribution in [0.15, 0.2) is 64.8 Å². The number of nitrogens with two attached hydrogens (primary N) is 1. The first-order chi connectivity index (χ1) is 13.0. The second kappa shape index (κ2) is 8.08. The molecule has 1 amide bonds. The molecular weight excluding hydrogens is 336 g/mol. The van der Waals surface area contributed by atoms with E-state index in [4.69, 9.17) is 5.73 Å². The van der Waals surface area contributed by atoms with E-state index in [0.717, 1.165) is 28.9 Å². The van der Waals surface area contributed by atoms with E-state index in [1.54, 1.807) is 11.8 Å². The van der Waals surface area contributed by atoms with E-state index in [2.05, 4.69) is 41.5 Å². The number of amidine groups is 1. The van der Waals surface area contributed by atoms with E-state index in [1.165, 1.54) is 11.1 Å². The van der Waals surface area contributed by atoms with Crippen LogP contribution < -0.4 is 11.1 Å². The Morgan fingerprint density at radius 1 is 1.07 bits per heavy atom. The van der Waals surface area contributed by atoms with Crippen LogP contribution in [-0.2, 0) is 4.79 Å². The smallest absolute Gasteiger partial charge is 0.219 e. The van der Waals surface area contributed by atoms with Crippen LogP contribution in [0.3, 0.4) is 0 Å². The molecule has 1 aliphatic heterocycles. The Balaban J connectivity index is 1.83. The summed E-state index contributed by atoms with van der Waals surface area (Å²) in [5, 5.41) is 3.20. The molecule has 0 atom stereocenters. The Morgan fingerprint density at radius 2 is 1.67 bits per heavy atom. The zero-order chi connectivity index (χ0) is 19.4. The molecule has 140 valence electrons. The first-order valence-corrected chi connectivity index (χ1v) is 9.15. The number of amides is 1. The number of aliphatic imine (C=N–C) groups is 1. The van der Waals surface area contributed by atoms with Gasteiger partial charge < -0.3 is 16.0 Å². The van der Waals surface area contributed by atoms with Crippen molar-refractivity contribution in [2.45, 2.75) is 20.3 Å². The molecule has 2 aromatic carbocycles. The quantitative estimate of drug-likeness (QED) is 0.647. The highest BCUT2D eigenvalue weighted by molar-refractivity contribution is 6.00. The Bertz CT molecular complexity index is 880. The maximum Gasteiger partial charge on any atom is 0.219 e. The van der Waals surface area contributed by atoms with Crippen molar-refractivity contribution in [2.75, 3.05) is 20.1 Å². The largest absolute Gasteiger partial charge is 0.391 e. The van der Waals surface area contributed by atoms with Gasteiger partial charge >= 0.3 is 0 Å². The summed E-state index contributed by atoms with van der Waals surface area (Å²) in [5.74, 6) is 0.506. The summed E-state index contributed by atoms with van der Waals surface area (Å²) in [6.07, 6.45) is 0.758. The van der Waals surface area contributed by atoms with E-state index in [9.17, 15) is 4.79 Å². The predicted molar refractivity (Wildman–Crippen MR) is 111 cm³/mol. The lowest BCUT2D eigenvalue weighted by molar-refractivity contribution is -0.128. The molecule has 0 unspecified atom stereocenters. The molecule has 0 aliphatic carbocycles. The molecule has 0 radical (unpaired) electrons. The molecule has 1 heterocycles. The van der Waals surface area contributed by atoms with Crippen molar-refractivity contribution in [3.8, 4) is 11.1 Å². The van der Waals surface area contributed by atoms with Crippen molar-refractivity contribution in [3.05, 3.63) is 65.4 Å². The first kappa shape index (κ1) is 18.7. The molecule has 27 heavy (non-hydrogen) atoms. The van der Waals surface area contributed by atoms with Crippen LogP contribution in [0.2, 0.25) is 0 Å². The Hall–Kier alpha value is -3.08. The van der Waals surface area contributed by atoms with Gasteiger partial charge in [-0.3, -0.25) is 4.79 Å². The van der Waals surface area contributed by atoms with Gasteiger partial charge in [0.15, 0.2) is 0 Å². The van der Waals surface area contributed by atoms with E-state index < -0.39 is 0 Å². The fourth-order valence-electron chi connectivity index (χ4n) is 3.22. The summed E-state index contributed by atoms with van der Waals surface area (Å²) in [7, 11) is 1.88. The van der Waals surface area contributed by atoms with Crippen LogP contribution >= 0.6 is 0 Å². The van der Waals surface area contributed by atoms with Crippen molar-refractivity contribution in [1.29, 1.82) is 0 Å². The third-order valence-corrected chi connectivity index (χ3v) is 4.90. The van der Waals surface area contributed by atoms with E-state index >= 15 is 0 Å². The number of hydrogen-bond donors (Lipinski definition) is 2. The summed E-state index contributed by atoms with van der Waals surface area (Å²) < 4.78 is 0. The number of aryl methyl sites for hydroxylation is 1. The summed E-state index contributed by atoms with van der Waals surface area (Å²) in [6, 6.07) is 16.5. The maximum atomic E-state index is 11.7. The highest BCUT2D eigenvalue weighted by Gasteiger charge is 2.22. The van der Waals surface area contributed by atoms with Crippen molar-refractivity contribution < 1.29 is 4.79 Å². The monoisotopic (exact) mass is 362 g/mol. The minimum Gasteiger partial charge on any atom is -0.391 e. The van der Waals surface area contributed by atoms with Gasteiger partial charge in [0.05, 0.1) is 12.2 Å². The minimum atomic E-state index is 0.0536. The van der Waals surface area contributed by atoms with Crippen LogP contribution in [0.5, 0.6) is 0 Å². The van der Waals surface area contributed by atoms with Gasteiger partial charge in [0.2, 0.25) is 5.91 Å². The van der Waals surface area contributed by atoms with Crippen molar-refractivity contribution in [3.63, 3.8) is 0 Å². The molecule has 0 spiro atoms. The van der Waals surface area contributed by atoms with Gasteiger partial charge in [-0.25, -0.2) is 4.99 Å². The molecule has 1 aliphatic rings. The van der Waals surface area contributed by atoms with Crippen molar-refractivity contribution >= 4 is 17.4 Å². The average Bonchev–Trinajstić information content (AvgIpc) is 2.68. The van der Waals surface area contributed by atoms with Gasteiger partial charge in [0.1, 0.15) is 5.84 Å². The number of nitrogens with one attached hydrogen (secondary N) is 1. The van der Waals surface area contributed by atoms with Crippen LogP contribution in [0.1, 0.15) is 18.9 Å². The summed E-state index contributed by atoms with van der Waals surface area (Å²) in [6.45, 7) is 4.85. The molecule has 3 rings (SSSR count). The maximum absolute atomic E-state index is 11.7. The second-order valence-corrected chi connectivity index (χ2v) is 6.81. The Morgan fingerprint density at radius 3 is 2.22 bits per heavy atom. The topological polar surface area (TPSA) is 70.7 Å². The van der Waals surface area contributed by atoms with Crippen LogP contribution in [0.25, 0.3) is 11.1 Å². The highest BCUT2D eigenvalue weighted by atomic mass is 16.2. The van der Waals surface area contributed by atoms with Gasteiger partial charge in [-0.2, -0.15) is 0 Å². The Kier molecular flexibility index (Phi) is 5.60. The molecule has 0 bridgehead atoms. The van der Waals surface area contributed by atoms with Crippen molar-refractivity contribution in [1.82, 2.24) is 10.2 Å². The number of hydrogen-bond acceptors (Lipinski definition) is 3. The molecule has 0 saturated carbocycles. The zero-order valence-electron chi connectivity index (χ0n) is 16.1. The zero-order valence-corrected chi connectivity index (χ0v) is 16.1. The summed E-state index contributed by atoms with van der Waals surface area (Å²) >= 11 is 0. The van der Waals surface area contributed by atoms with E-state index in [1.807, 2.05) is 31.3 Å². The highest BCUT2D eigenvalue weighted by Crippen LogP contribution is 2.24. The first-order valence-electron chi connectivity index (χ1n) is 9.15. The normalized spacial score (nSPS) is 15.1. The fraction of sp³-hybridized carbons (Fsp3) is 0.273. The molecule has 3 N–H and O–H groups in total. The molecule has 0 saturated heterocycles. The molecule has 0 aromatic heterocycles. The molecule has 5 nitrogen and oxygen atoms in total. The molecule has 0 fully saturated rings. The Labute approximate surface area is 160 Å². The van der Waals surface area contributed by atoms with Crippen molar-refractivity contribution in [2.24, 2.45) is 10.7 Å². The lowest BCUT2D eigenvalue weighted by Crippen LogP contribution is -2.40. The third kappa shape index (κ3) is 4.37. The van der Waals surface area contributed by atoms with Crippen LogP contribution in [-0.4, -0.2) is 36.8 Å². The number of carbonyl (C=O) groups excluding carboxylic acids is 1. The lowest BCUT2D eigenvalue weighted by Gasteiger charge is -2.29. The number of rotatable bonds is 4. The van der Waals surface area contributed by atoms with Gasteiger partial charge in [0, 0.05) is 38.2 Å². The van der Waals surface area contributed by atoms with Gasteiger partial charge in [-0.05, 0) is 30.2 Å². The van der Waals surface area contributed by atoms with Gasteiger partial charge in [0.25, 0.3) is 0 Å². The van der Waals surface area contributed by atoms with Gasteiger partial charge in [-0.1, -0.05) is 42.0 Å². The average molecular weight is 362 g/mol. The minimum absolute atomic E-state index is 0.0536. The third-order valence-electron chi connectivity index (χ3n) is 4.90. The molecule has 2 aromatic rings. The standard InChI is InChI=1S/C22H26N4O/c1-15-4-6-17(7-5-15)18-8-10-19(11-9-18)25-22(23)20-14-26(16(2)27)13-12-21(20)24-3/h4-11,24H,12-14H2,1-3H3,(H2,23,25). The molecular formula is C22H26N4O. The van der Waals surface area contributed by atoms with E-state index in [-0.39, 0.29) is 5.91 Å². The number of nitrogens with zero attached hydrogens (tertiary/aromatic N) is 2. The number of carbonyl (C=O) groups is 1. The summed E-state index contributed by atoms with van der Waals surface area (Å²) in [4.78, 5) is 18.1.